The third-order valence-electron chi connectivity index (χ3n) is 1.84. The molecule has 0 bridgehead atoms. The smallest absolute Gasteiger partial charge is 0.232 e. The summed E-state index contributed by atoms with van der Waals surface area (Å²) in [5.41, 5.74) is 0.758. The number of benzene rings is 1. The van der Waals surface area contributed by atoms with E-state index >= 15 is 0 Å². The number of aromatic amines is 1. The number of rotatable bonds is 3. The van der Waals surface area contributed by atoms with Crippen molar-refractivity contribution >= 4 is 34.2 Å². The number of amides is 1. The average molecular weight is 329 g/mol. The predicted molar refractivity (Wildman–Crippen MR) is 65.7 cm³/mol. The van der Waals surface area contributed by atoms with Crippen molar-refractivity contribution in [1.29, 1.82) is 0 Å². The number of anilines is 1. The van der Waals surface area contributed by atoms with Crippen LogP contribution < -0.4 is 5.32 Å². The van der Waals surface area contributed by atoms with Crippen LogP contribution in [0.2, 0.25) is 0 Å². The van der Waals surface area contributed by atoms with Crippen molar-refractivity contribution < 1.29 is 4.79 Å². The Bertz CT molecular complexity index is 467. The number of tetrazole rings is 1. The number of carbonyl (C=O) groups is 1. The maximum absolute atomic E-state index is 11.5. The molecule has 0 aliphatic heterocycles. The molecule has 1 aromatic carbocycles. The van der Waals surface area contributed by atoms with Gasteiger partial charge in [-0.15, -0.1) is 10.2 Å². The lowest BCUT2D eigenvalue weighted by Crippen LogP contribution is -2.15. The summed E-state index contributed by atoms with van der Waals surface area (Å²) in [6, 6.07) is 7.53. The van der Waals surface area contributed by atoms with Gasteiger partial charge >= 0.3 is 0 Å². The quantitative estimate of drug-likeness (QED) is 0.823. The largest absolute Gasteiger partial charge is 0.326 e. The van der Waals surface area contributed by atoms with E-state index in [2.05, 4.69) is 48.5 Å². The van der Waals surface area contributed by atoms with Crippen LogP contribution in [0.15, 0.2) is 24.3 Å². The first kappa shape index (κ1) is 11.0. The molecule has 0 aliphatic carbocycles. The van der Waals surface area contributed by atoms with Gasteiger partial charge in [-0.25, -0.2) is 0 Å². The summed E-state index contributed by atoms with van der Waals surface area (Å²) >= 11 is 2.20. The van der Waals surface area contributed by atoms with E-state index in [9.17, 15) is 4.79 Å². The summed E-state index contributed by atoms with van der Waals surface area (Å²) in [7, 11) is 0. The van der Waals surface area contributed by atoms with Gasteiger partial charge in [0, 0.05) is 9.26 Å². The lowest BCUT2D eigenvalue weighted by molar-refractivity contribution is -0.115. The monoisotopic (exact) mass is 329 g/mol. The Labute approximate surface area is 105 Å². The summed E-state index contributed by atoms with van der Waals surface area (Å²) < 4.78 is 1.12. The Kier molecular flexibility index (Phi) is 3.44. The van der Waals surface area contributed by atoms with Crippen molar-refractivity contribution in [2.75, 3.05) is 5.32 Å². The Morgan fingerprint density at radius 2 is 2.12 bits per heavy atom. The molecule has 0 saturated carbocycles. The fourth-order valence-corrected chi connectivity index (χ4v) is 1.50. The van der Waals surface area contributed by atoms with E-state index in [1.807, 2.05) is 24.3 Å². The summed E-state index contributed by atoms with van der Waals surface area (Å²) in [5.74, 6) is 0.214. The minimum Gasteiger partial charge on any atom is -0.326 e. The first-order chi connectivity index (χ1) is 7.74. The molecule has 16 heavy (non-hydrogen) atoms. The third kappa shape index (κ3) is 2.99. The van der Waals surface area contributed by atoms with Crippen molar-refractivity contribution in [1.82, 2.24) is 20.6 Å². The molecule has 0 unspecified atom stereocenters. The second-order valence-electron chi connectivity index (χ2n) is 3.06. The van der Waals surface area contributed by atoms with Crippen LogP contribution >= 0.6 is 22.6 Å². The Morgan fingerprint density at radius 3 is 2.75 bits per heavy atom. The van der Waals surface area contributed by atoms with Gasteiger partial charge in [0.2, 0.25) is 5.91 Å². The fraction of sp³-hybridized carbons (Fsp3) is 0.111. The van der Waals surface area contributed by atoms with E-state index in [1.165, 1.54) is 0 Å². The molecule has 1 heterocycles. The molecule has 7 heteroatoms. The van der Waals surface area contributed by atoms with Crippen molar-refractivity contribution in [3.05, 3.63) is 33.7 Å². The van der Waals surface area contributed by atoms with Crippen molar-refractivity contribution in [3.63, 3.8) is 0 Å². The summed E-state index contributed by atoms with van der Waals surface area (Å²) in [6.07, 6.45) is 0.114. The molecular formula is C9H8IN5O. The van der Waals surface area contributed by atoms with E-state index in [1.54, 1.807) is 0 Å². The number of halogens is 1. The maximum Gasteiger partial charge on any atom is 0.232 e. The molecule has 1 amide bonds. The van der Waals surface area contributed by atoms with Crippen LogP contribution in [0.25, 0.3) is 0 Å². The summed E-state index contributed by atoms with van der Waals surface area (Å²) in [4.78, 5) is 11.5. The fourth-order valence-electron chi connectivity index (χ4n) is 1.14. The zero-order chi connectivity index (χ0) is 11.4. The standard InChI is InChI=1S/C9H8IN5O/c10-6-1-3-7(4-2-6)11-9(16)5-8-12-14-15-13-8/h1-4H,5H2,(H,11,16)(H,12,13,14,15). The van der Waals surface area contributed by atoms with E-state index < -0.39 is 0 Å². The number of H-pyrrole nitrogens is 1. The Morgan fingerprint density at radius 1 is 1.38 bits per heavy atom. The molecule has 0 spiro atoms. The van der Waals surface area contributed by atoms with E-state index in [0.717, 1.165) is 9.26 Å². The first-order valence-corrected chi connectivity index (χ1v) is 5.59. The zero-order valence-corrected chi connectivity index (χ0v) is 10.3. The number of aromatic nitrogens is 4. The highest BCUT2D eigenvalue weighted by Crippen LogP contribution is 2.11. The molecular weight excluding hydrogens is 321 g/mol. The van der Waals surface area contributed by atoms with E-state index in [0.29, 0.717) is 5.82 Å². The van der Waals surface area contributed by atoms with Crippen molar-refractivity contribution in [2.24, 2.45) is 0 Å². The van der Waals surface area contributed by atoms with Gasteiger partial charge in [0.1, 0.15) is 0 Å². The molecule has 0 aliphatic rings. The van der Waals surface area contributed by atoms with Crippen LogP contribution in [0.1, 0.15) is 5.82 Å². The second kappa shape index (κ2) is 5.01. The van der Waals surface area contributed by atoms with Crippen molar-refractivity contribution in [3.8, 4) is 0 Å². The minimum atomic E-state index is -0.164. The maximum atomic E-state index is 11.5. The van der Waals surface area contributed by atoms with Crippen LogP contribution in [0.4, 0.5) is 5.69 Å². The first-order valence-electron chi connectivity index (χ1n) is 4.52. The van der Waals surface area contributed by atoms with Gasteiger partial charge in [0.15, 0.2) is 5.82 Å². The summed E-state index contributed by atoms with van der Waals surface area (Å²) in [6.45, 7) is 0. The highest BCUT2D eigenvalue weighted by Gasteiger charge is 2.07. The molecule has 2 N–H and O–H groups in total. The second-order valence-corrected chi connectivity index (χ2v) is 4.31. The molecule has 0 saturated heterocycles. The normalized spacial score (nSPS) is 10.1. The van der Waals surface area contributed by atoms with Gasteiger partial charge in [0.05, 0.1) is 6.42 Å². The zero-order valence-electron chi connectivity index (χ0n) is 8.14. The SMILES string of the molecule is O=C(Cc1nn[nH]n1)Nc1ccc(I)cc1. The van der Waals surface area contributed by atoms with Gasteiger partial charge in [0.25, 0.3) is 0 Å². The molecule has 1 aromatic heterocycles. The molecule has 82 valence electrons. The number of carbonyl (C=O) groups excluding carboxylic acids is 1. The van der Waals surface area contributed by atoms with Crippen LogP contribution in [-0.2, 0) is 11.2 Å². The third-order valence-corrected chi connectivity index (χ3v) is 2.56. The van der Waals surface area contributed by atoms with E-state index in [-0.39, 0.29) is 12.3 Å². The molecule has 6 nitrogen and oxygen atoms in total. The molecule has 0 fully saturated rings. The Balaban J connectivity index is 1.95. The van der Waals surface area contributed by atoms with Gasteiger partial charge in [-0.05, 0) is 46.9 Å². The summed E-state index contributed by atoms with van der Waals surface area (Å²) in [5, 5.41) is 15.8. The topological polar surface area (TPSA) is 83.6 Å². The number of hydrogen-bond acceptors (Lipinski definition) is 4. The van der Waals surface area contributed by atoms with E-state index in [4.69, 9.17) is 0 Å². The number of hydrogen-bond donors (Lipinski definition) is 2. The number of nitrogens with one attached hydrogen (secondary N) is 2. The molecule has 0 atom stereocenters. The van der Waals surface area contributed by atoms with Gasteiger partial charge in [-0.3, -0.25) is 4.79 Å². The van der Waals surface area contributed by atoms with Crippen molar-refractivity contribution in [2.45, 2.75) is 6.42 Å². The van der Waals surface area contributed by atoms with Gasteiger partial charge in [-0.2, -0.15) is 5.21 Å². The Hall–Kier alpha value is -1.51. The molecule has 0 radical (unpaired) electrons. The highest BCUT2D eigenvalue weighted by atomic mass is 127. The lowest BCUT2D eigenvalue weighted by Gasteiger charge is -2.02. The van der Waals surface area contributed by atoms with Gasteiger partial charge in [-0.1, -0.05) is 5.21 Å². The molecule has 2 aromatic rings. The van der Waals surface area contributed by atoms with Crippen LogP contribution in [0.5, 0.6) is 0 Å². The van der Waals surface area contributed by atoms with Crippen LogP contribution in [0, 0.1) is 3.57 Å². The van der Waals surface area contributed by atoms with Crippen LogP contribution in [0.3, 0.4) is 0 Å². The minimum absolute atomic E-state index is 0.114. The lowest BCUT2D eigenvalue weighted by atomic mass is 10.3. The average Bonchev–Trinajstić information content (AvgIpc) is 2.74. The molecule has 2 rings (SSSR count). The number of nitrogens with zero attached hydrogens (tertiary/aromatic N) is 3. The predicted octanol–water partition coefficient (Wildman–Crippen LogP) is 0.985. The van der Waals surface area contributed by atoms with Crippen LogP contribution in [-0.4, -0.2) is 26.5 Å². The van der Waals surface area contributed by atoms with Gasteiger partial charge < -0.3 is 5.32 Å². The highest BCUT2D eigenvalue weighted by molar-refractivity contribution is 14.1.